The molecule has 0 saturated heterocycles. The lowest BCUT2D eigenvalue weighted by molar-refractivity contribution is 0.322. The molecule has 1 fully saturated rings. The van der Waals surface area contributed by atoms with Crippen LogP contribution in [-0.2, 0) is 0 Å². The van der Waals surface area contributed by atoms with E-state index in [4.69, 9.17) is 0 Å². The quantitative estimate of drug-likeness (QED) is 0.554. The van der Waals surface area contributed by atoms with E-state index < -0.39 is 0 Å². The fourth-order valence-electron chi connectivity index (χ4n) is 2.58. The summed E-state index contributed by atoms with van der Waals surface area (Å²) in [4.78, 5) is 0. The van der Waals surface area contributed by atoms with E-state index in [1.807, 2.05) is 0 Å². The Hall–Kier alpha value is 0. The third-order valence-corrected chi connectivity index (χ3v) is 3.74. The largest absolute Gasteiger partial charge is 0.0625 e. The van der Waals surface area contributed by atoms with Crippen LogP contribution in [0.2, 0.25) is 0 Å². The van der Waals surface area contributed by atoms with Gasteiger partial charge < -0.3 is 0 Å². The van der Waals surface area contributed by atoms with Crippen molar-refractivity contribution in [1.29, 1.82) is 0 Å². The molecule has 0 heteroatoms. The van der Waals surface area contributed by atoms with Crippen molar-refractivity contribution in [2.75, 3.05) is 0 Å². The molecule has 0 radical (unpaired) electrons. The van der Waals surface area contributed by atoms with Gasteiger partial charge in [-0.1, -0.05) is 65.7 Å². The van der Waals surface area contributed by atoms with E-state index in [-0.39, 0.29) is 0 Å². The van der Waals surface area contributed by atoms with Crippen LogP contribution in [0.25, 0.3) is 0 Å². The fourth-order valence-corrected chi connectivity index (χ4v) is 2.58. The zero-order valence-corrected chi connectivity index (χ0v) is 9.68. The average molecular weight is 182 g/mol. The molecule has 13 heavy (non-hydrogen) atoms. The monoisotopic (exact) mass is 182 g/mol. The zero-order valence-electron chi connectivity index (χ0n) is 9.68. The normalized spacial score (nSPS) is 32.3. The Labute approximate surface area is 84.1 Å². The maximum Gasteiger partial charge on any atom is -0.0391 e. The average Bonchev–Trinajstić information content (AvgIpc) is 2.16. The Morgan fingerprint density at radius 2 is 1.38 bits per heavy atom. The third kappa shape index (κ3) is 4.15. The van der Waals surface area contributed by atoms with Crippen molar-refractivity contribution in [2.45, 2.75) is 65.7 Å². The van der Waals surface area contributed by atoms with E-state index in [1.54, 1.807) is 0 Å². The molecule has 2 atom stereocenters. The number of hydrogen-bond donors (Lipinski definition) is 0. The molecule has 0 bridgehead atoms. The highest BCUT2D eigenvalue weighted by Crippen LogP contribution is 2.28. The van der Waals surface area contributed by atoms with E-state index in [1.165, 1.54) is 44.9 Å². The van der Waals surface area contributed by atoms with Crippen molar-refractivity contribution in [3.8, 4) is 0 Å². The predicted molar refractivity (Wildman–Crippen MR) is 59.8 cm³/mol. The van der Waals surface area contributed by atoms with Gasteiger partial charge in [0.1, 0.15) is 0 Å². The number of hydrogen-bond acceptors (Lipinski definition) is 0. The van der Waals surface area contributed by atoms with Gasteiger partial charge in [0.15, 0.2) is 0 Å². The van der Waals surface area contributed by atoms with Crippen LogP contribution >= 0.6 is 0 Å². The van der Waals surface area contributed by atoms with Crippen LogP contribution in [0.1, 0.15) is 65.7 Å². The van der Waals surface area contributed by atoms with E-state index in [0.717, 1.165) is 17.8 Å². The van der Waals surface area contributed by atoms with Gasteiger partial charge in [-0.15, -0.1) is 0 Å². The minimum atomic E-state index is 0.911. The van der Waals surface area contributed by atoms with Crippen LogP contribution in [0.3, 0.4) is 0 Å². The summed E-state index contributed by atoms with van der Waals surface area (Å²) in [6.45, 7) is 7.22. The fraction of sp³-hybridized carbons (Fsp3) is 1.00. The maximum absolute atomic E-state index is 2.43. The minimum Gasteiger partial charge on any atom is -0.0625 e. The topological polar surface area (TPSA) is 0 Å². The molecule has 1 rings (SSSR count). The summed E-state index contributed by atoms with van der Waals surface area (Å²) in [5, 5.41) is 0. The highest BCUT2D eigenvalue weighted by atomic mass is 14.2. The molecule has 0 aromatic carbocycles. The first-order valence-corrected chi connectivity index (χ1v) is 6.20. The molecule has 1 aliphatic rings. The van der Waals surface area contributed by atoms with Gasteiger partial charge in [0.2, 0.25) is 0 Å². The molecule has 78 valence electrons. The minimum absolute atomic E-state index is 0.911. The van der Waals surface area contributed by atoms with E-state index in [2.05, 4.69) is 20.8 Å². The van der Waals surface area contributed by atoms with E-state index in [0.29, 0.717) is 0 Å². The molecule has 0 nitrogen and oxygen atoms in total. The lowest BCUT2D eigenvalue weighted by Crippen LogP contribution is -2.08. The van der Waals surface area contributed by atoms with Crippen molar-refractivity contribution in [1.82, 2.24) is 0 Å². The summed E-state index contributed by atoms with van der Waals surface area (Å²) in [7, 11) is 0. The molecular formula is C13H26. The third-order valence-electron chi connectivity index (χ3n) is 3.74. The molecule has 0 spiro atoms. The van der Waals surface area contributed by atoms with Gasteiger partial charge in [-0.25, -0.2) is 0 Å². The Balaban J connectivity index is 2.34. The molecule has 0 amide bonds. The zero-order chi connectivity index (χ0) is 9.68. The summed E-state index contributed by atoms with van der Waals surface area (Å²) in [5.41, 5.74) is 0. The second-order valence-electron chi connectivity index (χ2n) is 5.32. The Kier molecular flexibility index (Phi) is 4.83. The van der Waals surface area contributed by atoms with Crippen molar-refractivity contribution in [3.63, 3.8) is 0 Å². The van der Waals surface area contributed by atoms with Crippen molar-refractivity contribution in [3.05, 3.63) is 0 Å². The Bertz CT molecular complexity index is 126. The van der Waals surface area contributed by atoms with Gasteiger partial charge in [-0.3, -0.25) is 0 Å². The highest BCUT2D eigenvalue weighted by molar-refractivity contribution is 4.67. The molecule has 0 aliphatic heterocycles. The highest BCUT2D eigenvalue weighted by Gasteiger charge is 2.15. The lowest BCUT2D eigenvalue weighted by Gasteiger charge is -2.19. The number of rotatable bonds is 1. The van der Waals surface area contributed by atoms with Crippen LogP contribution in [-0.4, -0.2) is 0 Å². The molecular weight excluding hydrogens is 156 g/mol. The molecule has 2 unspecified atom stereocenters. The van der Waals surface area contributed by atoms with Gasteiger partial charge in [0.25, 0.3) is 0 Å². The summed E-state index contributed by atoms with van der Waals surface area (Å²) in [6.07, 6.45) is 10.4. The van der Waals surface area contributed by atoms with Gasteiger partial charge in [-0.2, -0.15) is 0 Å². The van der Waals surface area contributed by atoms with Crippen LogP contribution in [0.5, 0.6) is 0 Å². The molecule has 0 aromatic heterocycles. The molecule has 0 heterocycles. The van der Waals surface area contributed by atoms with Crippen LogP contribution < -0.4 is 0 Å². The smallest absolute Gasteiger partial charge is 0.0391 e. The summed E-state index contributed by atoms with van der Waals surface area (Å²) in [5.74, 6) is 2.92. The van der Waals surface area contributed by atoms with Gasteiger partial charge >= 0.3 is 0 Å². The van der Waals surface area contributed by atoms with E-state index >= 15 is 0 Å². The predicted octanol–water partition coefficient (Wildman–Crippen LogP) is 4.64. The van der Waals surface area contributed by atoms with Gasteiger partial charge in [-0.05, 0) is 17.8 Å². The Morgan fingerprint density at radius 3 is 2.08 bits per heavy atom. The summed E-state index contributed by atoms with van der Waals surface area (Å²) < 4.78 is 0. The van der Waals surface area contributed by atoms with Gasteiger partial charge in [0.05, 0.1) is 0 Å². The SMILES string of the molecule is CC1CCCCC(C(C)C)CCC1. The second-order valence-corrected chi connectivity index (χ2v) is 5.32. The van der Waals surface area contributed by atoms with Crippen LogP contribution in [0.4, 0.5) is 0 Å². The van der Waals surface area contributed by atoms with E-state index in [9.17, 15) is 0 Å². The molecule has 0 N–H and O–H groups in total. The summed E-state index contributed by atoms with van der Waals surface area (Å²) >= 11 is 0. The Morgan fingerprint density at radius 1 is 0.846 bits per heavy atom. The molecule has 0 aromatic rings. The van der Waals surface area contributed by atoms with Crippen LogP contribution in [0.15, 0.2) is 0 Å². The van der Waals surface area contributed by atoms with Crippen molar-refractivity contribution in [2.24, 2.45) is 17.8 Å². The van der Waals surface area contributed by atoms with Crippen molar-refractivity contribution >= 4 is 0 Å². The first-order chi connectivity index (χ1) is 6.20. The van der Waals surface area contributed by atoms with Crippen LogP contribution in [0, 0.1) is 17.8 Å². The first-order valence-electron chi connectivity index (χ1n) is 6.20. The summed E-state index contributed by atoms with van der Waals surface area (Å²) in [6, 6.07) is 0. The lowest BCUT2D eigenvalue weighted by atomic mass is 9.87. The molecule has 1 saturated carbocycles. The van der Waals surface area contributed by atoms with Crippen molar-refractivity contribution < 1.29 is 0 Å². The standard InChI is InChI=1S/C13H26/c1-11(2)13-9-5-4-7-12(3)8-6-10-13/h11-13H,4-10H2,1-3H3. The molecule has 1 aliphatic carbocycles. The van der Waals surface area contributed by atoms with Gasteiger partial charge in [0, 0.05) is 0 Å². The first kappa shape index (κ1) is 11.1. The second kappa shape index (κ2) is 5.67. The maximum atomic E-state index is 2.43.